The van der Waals surface area contributed by atoms with Crippen molar-refractivity contribution in [2.45, 2.75) is 32.1 Å². The van der Waals surface area contributed by atoms with Gasteiger partial charge in [-0.25, -0.2) is 0 Å². The van der Waals surface area contributed by atoms with E-state index in [1.165, 1.54) is 25.7 Å². The van der Waals surface area contributed by atoms with Gasteiger partial charge in [0.2, 0.25) is 0 Å². The van der Waals surface area contributed by atoms with E-state index in [-0.39, 0.29) is 0 Å². The molecule has 1 aliphatic rings. The number of furan rings is 1. The fourth-order valence-corrected chi connectivity index (χ4v) is 3.02. The second kappa shape index (κ2) is 3.87. The molecule has 0 spiro atoms. The van der Waals surface area contributed by atoms with E-state index in [9.17, 15) is 0 Å². The predicted octanol–water partition coefficient (Wildman–Crippen LogP) is 3.78. The van der Waals surface area contributed by atoms with Gasteiger partial charge < -0.3 is 4.42 Å². The van der Waals surface area contributed by atoms with Gasteiger partial charge in [0.25, 0.3) is 0 Å². The lowest BCUT2D eigenvalue weighted by molar-refractivity contribution is 0.315. The first-order chi connectivity index (χ1) is 6.35. The molecule has 2 rings (SSSR count). The third-order valence-corrected chi connectivity index (χ3v) is 4.27. The fraction of sp³-hybridized carbons (Fsp3) is 0.636. The SMILES string of the molecule is BrCC1(Cc2ccco2)CCCC1. The Bertz CT molecular complexity index is 247. The Morgan fingerprint density at radius 2 is 2.15 bits per heavy atom. The van der Waals surface area contributed by atoms with Crippen molar-refractivity contribution < 1.29 is 4.42 Å². The van der Waals surface area contributed by atoms with E-state index in [0.29, 0.717) is 5.41 Å². The van der Waals surface area contributed by atoms with Gasteiger partial charge in [0.1, 0.15) is 5.76 Å². The summed E-state index contributed by atoms with van der Waals surface area (Å²) < 4.78 is 5.40. The molecule has 1 heterocycles. The molecule has 13 heavy (non-hydrogen) atoms. The van der Waals surface area contributed by atoms with Crippen LogP contribution in [0.1, 0.15) is 31.4 Å². The molecule has 0 saturated heterocycles. The summed E-state index contributed by atoms with van der Waals surface area (Å²) in [7, 11) is 0. The topological polar surface area (TPSA) is 13.1 Å². The molecule has 1 aromatic rings. The predicted molar refractivity (Wildman–Crippen MR) is 57.1 cm³/mol. The second-order valence-corrected chi connectivity index (χ2v) is 4.66. The molecule has 0 aromatic carbocycles. The van der Waals surface area contributed by atoms with Gasteiger partial charge in [0, 0.05) is 11.8 Å². The first kappa shape index (κ1) is 9.32. The molecular formula is C11H15BrO. The van der Waals surface area contributed by atoms with Crippen molar-refractivity contribution in [1.29, 1.82) is 0 Å². The molecule has 0 amide bonds. The Morgan fingerprint density at radius 3 is 2.69 bits per heavy atom. The van der Waals surface area contributed by atoms with E-state index >= 15 is 0 Å². The molecule has 0 bridgehead atoms. The minimum atomic E-state index is 0.484. The highest BCUT2D eigenvalue weighted by atomic mass is 79.9. The van der Waals surface area contributed by atoms with Crippen LogP contribution in [0.3, 0.4) is 0 Å². The van der Waals surface area contributed by atoms with Crippen molar-refractivity contribution in [3.05, 3.63) is 24.2 Å². The van der Waals surface area contributed by atoms with Crippen molar-refractivity contribution in [3.8, 4) is 0 Å². The quantitative estimate of drug-likeness (QED) is 0.736. The maximum Gasteiger partial charge on any atom is 0.104 e. The van der Waals surface area contributed by atoms with Gasteiger partial charge in [0.15, 0.2) is 0 Å². The first-order valence-corrected chi connectivity index (χ1v) is 6.05. The molecule has 1 aromatic heterocycles. The molecule has 0 aliphatic heterocycles. The van der Waals surface area contributed by atoms with Gasteiger partial charge in [-0.05, 0) is 30.4 Å². The van der Waals surface area contributed by atoms with Crippen LogP contribution in [0.15, 0.2) is 22.8 Å². The van der Waals surface area contributed by atoms with E-state index in [1.54, 1.807) is 6.26 Å². The normalized spacial score (nSPS) is 20.7. The lowest BCUT2D eigenvalue weighted by Gasteiger charge is -2.24. The number of rotatable bonds is 3. The maximum atomic E-state index is 5.40. The zero-order chi connectivity index (χ0) is 9.15. The molecule has 0 unspecified atom stereocenters. The monoisotopic (exact) mass is 242 g/mol. The Balaban J connectivity index is 2.06. The fourth-order valence-electron chi connectivity index (χ4n) is 2.27. The third kappa shape index (κ3) is 1.98. The van der Waals surface area contributed by atoms with Gasteiger partial charge in [-0.2, -0.15) is 0 Å². The Hall–Kier alpha value is -0.240. The molecule has 0 atom stereocenters. The van der Waals surface area contributed by atoms with Crippen LogP contribution in [0.4, 0.5) is 0 Å². The van der Waals surface area contributed by atoms with Gasteiger partial charge in [-0.15, -0.1) is 0 Å². The summed E-state index contributed by atoms with van der Waals surface area (Å²) in [5.41, 5.74) is 0.484. The summed E-state index contributed by atoms with van der Waals surface area (Å²) in [4.78, 5) is 0. The number of hydrogen-bond acceptors (Lipinski definition) is 1. The van der Waals surface area contributed by atoms with Crippen LogP contribution in [-0.4, -0.2) is 5.33 Å². The number of alkyl halides is 1. The summed E-state index contributed by atoms with van der Waals surface area (Å²) in [6.07, 6.45) is 8.33. The van der Waals surface area contributed by atoms with E-state index in [1.807, 2.05) is 6.07 Å². The van der Waals surface area contributed by atoms with Crippen molar-refractivity contribution in [1.82, 2.24) is 0 Å². The highest BCUT2D eigenvalue weighted by molar-refractivity contribution is 9.09. The van der Waals surface area contributed by atoms with Crippen LogP contribution in [-0.2, 0) is 6.42 Å². The third-order valence-electron chi connectivity index (χ3n) is 3.08. The number of halogens is 1. The van der Waals surface area contributed by atoms with Crippen LogP contribution < -0.4 is 0 Å². The van der Waals surface area contributed by atoms with Crippen molar-refractivity contribution in [3.63, 3.8) is 0 Å². The van der Waals surface area contributed by atoms with Crippen molar-refractivity contribution in [2.75, 3.05) is 5.33 Å². The van der Waals surface area contributed by atoms with Gasteiger partial charge in [-0.1, -0.05) is 28.8 Å². The summed E-state index contributed by atoms with van der Waals surface area (Å²) in [5, 5.41) is 1.11. The van der Waals surface area contributed by atoms with Crippen molar-refractivity contribution in [2.24, 2.45) is 5.41 Å². The van der Waals surface area contributed by atoms with E-state index in [0.717, 1.165) is 17.5 Å². The number of hydrogen-bond donors (Lipinski definition) is 0. The summed E-state index contributed by atoms with van der Waals surface area (Å²) >= 11 is 3.64. The minimum absolute atomic E-state index is 0.484. The average molecular weight is 243 g/mol. The highest BCUT2D eigenvalue weighted by Gasteiger charge is 2.33. The standard InChI is InChI=1S/C11H15BrO/c12-9-11(5-1-2-6-11)8-10-4-3-7-13-10/h3-4,7H,1-2,5-6,8-9H2. The molecule has 1 aliphatic carbocycles. The molecule has 1 fully saturated rings. The zero-order valence-corrected chi connectivity index (χ0v) is 9.35. The molecule has 2 heteroatoms. The van der Waals surface area contributed by atoms with Crippen LogP contribution in [0.2, 0.25) is 0 Å². The second-order valence-electron chi connectivity index (χ2n) is 4.10. The van der Waals surface area contributed by atoms with E-state index < -0.39 is 0 Å². The zero-order valence-electron chi connectivity index (χ0n) is 7.76. The summed E-state index contributed by atoms with van der Waals surface area (Å²) in [5.74, 6) is 1.14. The van der Waals surface area contributed by atoms with E-state index in [2.05, 4.69) is 22.0 Å². The lowest BCUT2D eigenvalue weighted by Crippen LogP contribution is -2.21. The van der Waals surface area contributed by atoms with E-state index in [4.69, 9.17) is 4.42 Å². The van der Waals surface area contributed by atoms with Gasteiger partial charge >= 0.3 is 0 Å². The Labute approximate surface area is 87.6 Å². The summed E-state index contributed by atoms with van der Waals surface area (Å²) in [6.45, 7) is 0. The molecule has 0 N–H and O–H groups in total. The Kier molecular flexibility index (Phi) is 2.77. The molecule has 0 radical (unpaired) electrons. The minimum Gasteiger partial charge on any atom is -0.469 e. The highest BCUT2D eigenvalue weighted by Crippen LogP contribution is 2.42. The lowest BCUT2D eigenvalue weighted by atomic mass is 9.84. The molecule has 1 nitrogen and oxygen atoms in total. The smallest absolute Gasteiger partial charge is 0.104 e. The van der Waals surface area contributed by atoms with Crippen LogP contribution >= 0.6 is 15.9 Å². The summed E-state index contributed by atoms with van der Waals surface area (Å²) in [6, 6.07) is 4.06. The Morgan fingerprint density at radius 1 is 1.38 bits per heavy atom. The van der Waals surface area contributed by atoms with Gasteiger partial charge in [-0.3, -0.25) is 0 Å². The van der Waals surface area contributed by atoms with Crippen LogP contribution in [0, 0.1) is 5.41 Å². The molecule has 1 saturated carbocycles. The van der Waals surface area contributed by atoms with Crippen molar-refractivity contribution >= 4 is 15.9 Å². The largest absolute Gasteiger partial charge is 0.469 e. The average Bonchev–Trinajstić information content (AvgIpc) is 2.77. The molecule has 72 valence electrons. The first-order valence-electron chi connectivity index (χ1n) is 4.93. The van der Waals surface area contributed by atoms with Crippen LogP contribution in [0.25, 0.3) is 0 Å². The van der Waals surface area contributed by atoms with Crippen LogP contribution in [0.5, 0.6) is 0 Å². The maximum absolute atomic E-state index is 5.40. The van der Waals surface area contributed by atoms with Gasteiger partial charge in [0.05, 0.1) is 6.26 Å². The molecular weight excluding hydrogens is 228 g/mol.